The number of carbonyl (C=O) groups is 2. The first-order valence-corrected chi connectivity index (χ1v) is 8.13. The van der Waals surface area contributed by atoms with E-state index < -0.39 is 17.9 Å². The SMILES string of the molecule is C[C@H](NC(=O)c1ccc(-c2ccccc2Cl)cc1Cl)C(=O)N(C)C#N. The van der Waals surface area contributed by atoms with E-state index in [0.29, 0.717) is 5.02 Å². The highest BCUT2D eigenvalue weighted by Gasteiger charge is 2.21. The molecule has 0 radical (unpaired) electrons. The normalized spacial score (nSPS) is 11.3. The van der Waals surface area contributed by atoms with Crippen LogP contribution in [0.3, 0.4) is 0 Å². The van der Waals surface area contributed by atoms with E-state index >= 15 is 0 Å². The summed E-state index contributed by atoms with van der Waals surface area (Å²) in [5.74, 6) is -1.01. The molecule has 0 saturated heterocycles. The number of rotatable bonds is 4. The molecular weight excluding hydrogens is 361 g/mol. The second-order valence-corrected chi connectivity index (χ2v) is 6.18. The number of benzene rings is 2. The van der Waals surface area contributed by atoms with Crippen molar-refractivity contribution in [3.8, 4) is 17.3 Å². The number of hydrogen-bond donors (Lipinski definition) is 1. The molecule has 1 atom stereocenters. The van der Waals surface area contributed by atoms with Crippen LogP contribution in [0.5, 0.6) is 0 Å². The molecule has 5 nitrogen and oxygen atoms in total. The van der Waals surface area contributed by atoms with Gasteiger partial charge in [-0.15, -0.1) is 0 Å². The van der Waals surface area contributed by atoms with Crippen LogP contribution in [0.2, 0.25) is 10.0 Å². The van der Waals surface area contributed by atoms with Gasteiger partial charge in [0.1, 0.15) is 6.04 Å². The first-order chi connectivity index (χ1) is 11.8. The number of nitrogens with zero attached hydrogens (tertiary/aromatic N) is 2. The van der Waals surface area contributed by atoms with Crippen LogP contribution in [0.25, 0.3) is 11.1 Å². The Labute approximate surface area is 155 Å². The van der Waals surface area contributed by atoms with Crippen molar-refractivity contribution in [3.05, 3.63) is 58.1 Å². The van der Waals surface area contributed by atoms with Crippen molar-refractivity contribution in [2.24, 2.45) is 0 Å². The molecule has 25 heavy (non-hydrogen) atoms. The molecule has 0 aliphatic heterocycles. The standard InChI is InChI=1S/C18H15Cl2N3O2/c1-11(18(25)23(2)10-21)22-17(24)14-8-7-12(9-16(14)20)13-5-3-4-6-15(13)19/h3-9,11H,1-2H3,(H,22,24)/t11-/m0/s1. The van der Waals surface area contributed by atoms with Crippen molar-refractivity contribution < 1.29 is 9.59 Å². The third-order valence-electron chi connectivity index (χ3n) is 3.60. The van der Waals surface area contributed by atoms with Crippen molar-refractivity contribution in [2.75, 3.05) is 7.05 Å². The topological polar surface area (TPSA) is 73.2 Å². The molecule has 7 heteroatoms. The second kappa shape index (κ2) is 8.02. The molecule has 0 aliphatic carbocycles. The molecule has 0 bridgehead atoms. The van der Waals surface area contributed by atoms with Gasteiger partial charge in [0.2, 0.25) is 0 Å². The largest absolute Gasteiger partial charge is 0.340 e. The first kappa shape index (κ1) is 18.8. The van der Waals surface area contributed by atoms with E-state index in [-0.39, 0.29) is 10.6 Å². The zero-order valence-corrected chi connectivity index (χ0v) is 15.1. The summed E-state index contributed by atoms with van der Waals surface area (Å²) in [5, 5.41) is 12.1. The van der Waals surface area contributed by atoms with Gasteiger partial charge < -0.3 is 5.32 Å². The number of nitrogens with one attached hydrogen (secondary N) is 1. The molecule has 0 saturated carbocycles. The van der Waals surface area contributed by atoms with Crippen molar-refractivity contribution in [3.63, 3.8) is 0 Å². The quantitative estimate of drug-likeness (QED) is 0.653. The summed E-state index contributed by atoms with van der Waals surface area (Å²) >= 11 is 12.4. The van der Waals surface area contributed by atoms with Crippen molar-refractivity contribution in [1.82, 2.24) is 10.2 Å². The maximum Gasteiger partial charge on any atom is 0.257 e. The lowest BCUT2D eigenvalue weighted by Gasteiger charge is -2.16. The molecule has 128 valence electrons. The minimum atomic E-state index is -0.850. The number of nitriles is 1. The summed E-state index contributed by atoms with van der Waals surface area (Å²) in [6.45, 7) is 1.50. The highest BCUT2D eigenvalue weighted by molar-refractivity contribution is 6.35. The molecular formula is C18H15Cl2N3O2. The fraction of sp³-hybridized carbons (Fsp3) is 0.167. The lowest BCUT2D eigenvalue weighted by Crippen LogP contribution is -2.44. The summed E-state index contributed by atoms with van der Waals surface area (Å²) in [4.78, 5) is 25.0. The Bertz CT molecular complexity index is 862. The third-order valence-corrected chi connectivity index (χ3v) is 4.24. The van der Waals surface area contributed by atoms with E-state index in [0.717, 1.165) is 16.0 Å². The Hall–Kier alpha value is -2.55. The Morgan fingerprint density at radius 3 is 2.44 bits per heavy atom. The third kappa shape index (κ3) is 4.30. The zero-order valence-electron chi connectivity index (χ0n) is 13.6. The van der Waals surface area contributed by atoms with Gasteiger partial charge in [-0.05, 0) is 30.7 Å². The summed E-state index contributed by atoms with van der Waals surface area (Å²) < 4.78 is 0. The fourth-order valence-corrected chi connectivity index (χ4v) is 2.75. The lowest BCUT2D eigenvalue weighted by molar-refractivity contribution is -0.128. The molecule has 0 heterocycles. The van der Waals surface area contributed by atoms with Gasteiger partial charge in [-0.1, -0.05) is 47.5 Å². The molecule has 2 aromatic carbocycles. The number of hydrogen-bond acceptors (Lipinski definition) is 3. The highest BCUT2D eigenvalue weighted by atomic mass is 35.5. The predicted molar refractivity (Wildman–Crippen MR) is 97.2 cm³/mol. The predicted octanol–water partition coefficient (Wildman–Crippen LogP) is 3.72. The maximum absolute atomic E-state index is 12.3. The lowest BCUT2D eigenvalue weighted by atomic mass is 10.0. The molecule has 0 fully saturated rings. The zero-order chi connectivity index (χ0) is 18.6. The molecule has 0 aromatic heterocycles. The molecule has 0 spiro atoms. The summed E-state index contributed by atoms with van der Waals surface area (Å²) in [5.41, 5.74) is 1.81. The van der Waals surface area contributed by atoms with E-state index in [1.807, 2.05) is 18.2 Å². The fourth-order valence-electron chi connectivity index (χ4n) is 2.24. The van der Waals surface area contributed by atoms with E-state index in [2.05, 4.69) is 5.32 Å². The van der Waals surface area contributed by atoms with Crippen LogP contribution in [0.1, 0.15) is 17.3 Å². The van der Waals surface area contributed by atoms with Crippen LogP contribution in [-0.4, -0.2) is 29.8 Å². The van der Waals surface area contributed by atoms with Crippen LogP contribution in [0, 0.1) is 11.5 Å². The van der Waals surface area contributed by atoms with Crippen molar-refractivity contribution in [1.29, 1.82) is 5.26 Å². The van der Waals surface area contributed by atoms with Gasteiger partial charge in [0.05, 0.1) is 10.6 Å². The van der Waals surface area contributed by atoms with Gasteiger partial charge in [-0.25, -0.2) is 0 Å². The van der Waals surface area contributed by atoms with E-state index in [4.69, 9.17) is 28.5 Å². The molecule has 0 unspecified atom stereocenters. The summed E-state index contributed by atoms with van der Waals surface area (Å²) in [6, 6.07) is 11.4. The number of halogens is 2. The van der Waals surface area contributed by atoms with E-state index in [9.17, 15) is 9.59 Å². The average Bonchev–Trinajstić information content (AvgIpc) is 2.60. The molecule has 2 rings (SSSR count). The number of amides is 2. The van der Waals surface area contributed by atoms with Crippen LogP contribution < -0.4 is 5.32 Å². The van der Waals surface area contributed by atoms with Gasteiger partial charge in [0.15, 0.2) is 6.19 Å². The molecule has 0 aliphatic rings. The van der Waals surface area contributed by atoms with Crippen LogP contribution >= 0.6 is 23.2 Å². The van der Waals surface area contributed by atoms with Crippen LogP contribution in [-0.2, 0) is 4.79 Å². The Morgan fingerprint density at radius 1 is 1.16 bits per heavy atom. The minimum absolute atomic E-state index is 0.233. The second-order valence-electron chi connectivity index (χ2n) is 5.37. The number of likely N-dealkylation sites (N-methyl/N-ethyl adjacent to an activating group) is 1. The Morgan fingerprint density at radius 2 is 1.84 bits per heavy atom. The van der Waals surface area contributed by atoms with Gasteiger partial charge in [0.25, 0.3) is 11.8 Å². The highest BCUT2D eigenvalue weighted by Crippen LogP contribution is 2.30. The van der Waals surface area contributed by atoms with Crippen molar-refractivity contribution in [2.45, 2.75) is 13.0 Å². The smallest absolute Gasteiger partial charge is 0.257 e. The monoisotopic (exact) mass is 375 g/mol. The first-order valence-electron chi connectivity index (χ1n) is 7.37. The molecule has 2 aromatic rings. The van der Waals surface area contributed by atoms with Gasteiger partial charge in [0, 0.05) is 17.6 Å². The average molecular weight is 376 g/mol. The minimum Gasteiger partial charge on any atom is -0.340 e. The van der Waals surface area contributed by atoms with Gasteiger partial charge >= 0.3 is 0 Å². The van der Waals surface area contributed by atoms with Gasteiger partial charge in [-0.3, -0.25) is 14.5 Å². The summed E-state index contributed by atoms with van der Waals surface area (Å²) in [6.07, 6.45) is 1.69. The Balaban J connectivity index is 2.21. The maximum atomic E-state index is 12.3. The van der Waals surface area contributed by atoms with Crippen LogP contribution in [0.15, 0.2) is 42.5 Å². The van der Waals surface area contributed by atoms with Crippen LogP contribution in [0.4, 0.5) is 0 Å². The molecule has 1 N–H and O–H groups in total. The van der Waals surface area contributed by atoms with E-state index in [1.54, 1.807) is 30.5 Å². The Kier molecular flexibility index (Phi) is 6.02. The molecule has 2 amide bonds. The van der Waals surface area contributed by atoms with E-state index in [1.165, 1.54) is 14.0 Å². The summed E-state index contributed by atoms with van der Waals surface area (Å²) in [7, 11) is 1.33. The number of carbonyl (C=O) groups excluding carboxylic acids is 2. The van der Waals surface area contributed by atoms with Gasteiger partial charge in [-0.2, -0.15) is 5.26 Å². The van der Waals surface area contributed by atoms with Crippen molar-refractivity contribution >= 4 is 35.0 Å².